The second-order valence-electron chi connectivity index (χ2n) is 5.40. The van der Waals surface area contributed by atoms with Crippen molar-refractivity contribution < 1.29 is 19.4 Å². The third-order valence-electron chi connectivity index (χ3n) is 3.66. The predicted octanol–water partition coefficient (Wildman–Crippen LogP) is 4.28. The van der Waals surface area contributed by atoms with E-state index >= 15 is 0 Å². The molecule has 6 nitrogen and oxygen atoms in total. The number of nitriles is 1. The van der Waals surface area contributed by atoms with E-state index in [0.29, 0.717) is 35.2 Å². The molecule has 0 saturated carbocycles. The van der Waals surface area contributed by atoms with Crippen molar-refractivity contribution in [3.05, 3.63) is 41.5 Å². The molecule has 0 saturated heterocycles. The molecule has 24 heavy (non-hydrogen) atoms. The number of hydrogen-bond acceptors (Lipinski definition) is 5. The summed E-state index contributed by atoms with van der Waals surface area (Å²) in [5.74, 6) is 0.431. The average Bonchev–Trinajstić information content (AvgIpc) is 2.59. The van der Waals surface area contributed by atoms with Gasteiger partial charge in [0, 0.05) is 12.1 Å². The summed E-state index contributed by atoms with van der Waals surface area (Å²) in [5.41, 5.74) is 1.19. The predicted molar refractivity (Wildman–Crippen MR) is 88.3 cm³/mol. The lowest BCUT2D eigenvalue weighted by molar-refractivity contribution is 0.0697. The molecule has 1 heterocycles. The molecule has 1 aliphatic rings. The monoisotopic (exact) mass is 324 g/mol. The molecule has 0 atom stereocenters. The van der Waals surface area contributed by atoms with Crippen molar-refractivity contribution in [1.82, 2.24) is 0 Å². The van der Waals surface area contributed by atoms with E-state index in [9.17, 15) is 9.90 Å². The van der Waals surface area contributed by atoms with Gasteiger partial charge in [-0.25, -0.2) is 4.79 Å². The summed E-state index contributed by atoms with van der Waals surface area (Å²) in [7, 11) is 0. The Morgan fingerprint density at radius 2 is 2.17 bits per heavy atom. The summed E-state index contributed by atoms with van der Waals surface area (Å²) < 4.78 is 11.4. The maximum atomic E-state index is 11.5. The summed E-state index contributed by atoms with van der Waals surface area (Å²) in [6.07, 6.45) is 2.01. The Balaban J connectivity index is 1.94. The first-order valence-electron chi connectivity index (χ1n) is 7.65. The molecule has 6 heteroatoms. The standard InChI is InChI=1S/C18H16N2O4/c1-2-3-6-23-12-4-5-15-14(9-12)20-17-13(18(21)22)7-11(10-19)8-16(17)24-15/h4-5,7-9,20H,2-3,6H2,1H3,(H,21,22). The molecule has 2 aromatic rings. The van der Waals surface area contributed by atoms with Crippen molar-refractivity contribution in [2.75, 3.05) is 11.9 Å². The van der Waals surface area contributed by atoms with Crippen LogP contribution in [0.25, 0.3) is 0 Å². The maximum Gasteiger partial charge on any atom is 0.338 e. The summed E-state index contributed by atoms with van der Waals surface area (Å²) >= 11 is 0. The van der Waals surface area contributed by atoms with E-state index in [-0.39, 0.29) is 11.1 Å². The maximum absolute atomic E-state index is 11.5. The summed E-state index contributed by atoms with van der Waals surface area (Å²) in [4.78, 5) is 11.5. The highest BCUT2D eigenvalue weighted by atomic mass is 16.5. The Labute approximate surface area is 139 Å². The van der Waals surface area contributed by atoms with Crippen molar-refractivity contribution in [1.29, 1.82) is 5.26 Å². The van der Waals surface area contributed by atoms with E-state index < -0.39 is 5.97 Å². The molecule has 1 aliphatic heterocycles. The van der Waals surface area contributed by atoms with Crippen LogP contribution in [-0.4, -0.2) is 17.7 Å². The molecule has 0 fully saturated rings. The van der Waals surface area contributed by atoms with Crippen molar-refractivity contribution in [3.8, 4) is 23.3 Å². The van der Waals surface area contributed by atoms with Gasteiger partial charge in [0.15, 0.2) is 11.5 Å². The number of fused-ring (bicyclic) bond motifs is 2. The number of carbonyl (C=O) groups is 1. The zero-order valence-corrected chi connectivity index (χ0v) is 13.1. The molecule has 122 valence electrons. The van der Waals surface area contributed by atoms with Crippen LogP contribution in [0.4, 0.5) is 11.4 Å². The number of benzene rings is 2. The van der Waals surface area contributed by atoms with E-state index in [0.717, 1.165) is 12.8 Å². The highest BCUT2D eigenvalue weighted by Crippen LogP contribution is 2.45. The SMILES string of the molecule is CCCCOc1ccc2c(c1)Nc1c(cc(C#N)cc1C(=O)O)O2. The Morgan fingerprint density at radius 3 is 2.88 bits per heavy atom. The normalized spacial score (nSPS) is 11.3. The van der Waals surface area contributed by atoms with E-state index in [4.69, 9.17) is 14.7 Å². The Kier molecular flexibility index (Phi) is 4.25. The van der Waals surface area contributed by atoms with Gasteiger partial charge in [0.2, 0.25) is 0 Å². The molecule has 0 aromatic heterocycles. The topological polar surface area (TPSA) is 91.6 Å². The van der Waals surface area contributed by atoms with Crippen LogP contribution >= 0.6 is 0 Å². The van der Waals surface area contributed by atoms with Crippen LogP contribution in [0.1, 0.15) is 35.7 Å². The number of unbranched alkanes of at least 4 members (excludes halogenated alkanes) is 1. The number of anilines is 2. The summed E-state index contributed by atoms with van der Waals surface area (Å²) in [6.45, 7) is 2.71. The number of carboxylic acids is 1. The second kappa shape index (κ2) is 6.50. The van der Waals surface area contributed by atoms with E-state index in [2.05, 4.69) is 12.2 Å². The largest absolute Gasteiger partial charge is 0.494 e. The molecular formula is C18H16N2O4. The minimum absolute atomic E-state index is 0.00740. The minimum atomic E-state index is -1.13. The molecule has 0 radical (unpaired) electrons. The highest BCUT2D eigenvalue weighted by Gasteiger charge is 2.24. The third kappa shape index (κ3) is 2.97. The van der Waals surface area contributed by atoms with Gasteiger partial charge in [-0.05, 0) is 24.6 Å². The molecule has 0 aliphatic carbocycles. The second-order valence-corrected chi connectivity index (χ2v) is 5.40. The van der Waals surface area contributed by atoms with Crippen LogP contribution in [0.2, 0.25) is 0 Å². The van der Waals surface area contributed by atoms with Gasteiger partial charge in [0.1, 0.15) is 5.75 Å². The molecule has 0 amide bonds. The summed E-state index contributed by atoms with van der Waals surface area (Å²) in [6, 6.07) is 10.1. The lowest BCUT2D eigenvalue weighted by Crippen LogP contribution is -2.10. The van der Waals surface area contributed by atoms with Crippen LogP contribution in [0, 0.1) is 11.3 Å². The van der Waals surface area contributed by atoms with E-state index in [1.54, 1.807) is 18.2 Å². The van der Waals surface area contributed by atoms with Gasteiger partial charge < -0.3 is 19.9 Å². The fourth-order valence-corrected chi connectivity index (χ4v) is 2.43. The third-order valence-corrected chi connectivity index (χ3v) is 3.66. The first kappa shape index (κ1) is 15.7. The molecule has 0 spiro atoms. The number of aromatic carboxylic acids is 1. The van der Waals surface area contributed by atoms with Gasteiger partial charge in [0.05, 0.1) is 35.2 Å². The van der Waals surface area contributed by atoms with Crippen LogP contribution in [-0.2, 0) is 0 Å². The molecule has 2 N–H and O–H groups in total. The fraction of sp³-hybridized carbons (Fsp3) is 0.222. The van der Waals surface area contributed by atoms with Gasteiger partial charge in [0.25, 0.3) is 0 Å². The van der Waals surface area contributed by atoms with Gasteiger partial charge >= 0.3 is 5.97 Å². The van der Waals surface area contributed by atoms with Crippen LogP contribution in [0.5, 0.6) is 17.2 Å². The van der Waals surface area contributed by atoms with E-state index in [1.165, 1.54) is 12.1 Å². The molecular weight excluding hydrogens is 308 g/mol. The zero-order chi connectivity index (χ0) is 17.1. The molecule has 3 rings (SSSR count). The smallest absolute Gasteiger partial charge is 0.338 e. The number of nitrogens with zero attached hydrogens (tertiary/aromatic N) is 1. The van der Waals surface area contributed by atoms with Crippen LogP contribution in [0.3, 0.4) is 0 Å². The van der Waals surface area contributed by atoms with Crippen molar-refractivity contribution in [2.24, 2.45) is 0 Å². The van der Waals surface area contributed by atoms with Crippen LogP contribution in [0.15, 0.2) is 30.3 Å². The Bertz CT molecular complexity index is 840. The molecule has 0 bridgehead atoms. The van der Waals surface area contributed by atoms with Crippen molar-refractivity contribution in [3.63, 3.8) is 0 Å². The quantitative estimate of drug-likeness (QED) is 0.680. The van der Waals surface area contributed by atoms with Gasteiger partial charge in [-0.2, -0.15) is 5.26 Å². The molecule has 0 unspecified atom stereocenters. The van der Waals surface area contributed by atoms with Gasteiger partial charge in [-0.3, -0.25) is 0 Å². The van der Waals surface area contributed by atoms with Crippen molar-refractivity contribution in [2.45, 2.75) is 19.8 Å². The Morgan fingerprint density at radius 1 is 1.33 bits per heavy atom. The van der Waals surface area contributed by atoms with E-state index in [1.807, 2.05) is 6.07 Å². The number of nitrogens with one attached hydrogen (secondary N) is 1. The molecule has 2 aromatic carbocycles. The zero-order valence-electron chi connectivity index (χ0n) is 13.1. The van der Waals surface area contributed by atoms with Crippen molar-refractivity contribution >= 4 is 17.3 Å². The minimum Gasteiger partial charge on any atom is -0.494 e. The van der Waals surface area contributed by atoms with Gasteiger partial charge in [-0.1, -0.05) is 13.3 Å². The Hall–Kier alpha value is -3.20. The lowest BCUT2D eigenvalue weighted by Gasteiger charge is -2.24. The van der Waals surface area contributed by atoms with Crippen LogP contribution < -0.4 is 14.8 Å². The number of hydrogen-bond donors (Lipinski definition) is 2. The highest BCUT2D eigenvalue weighted by molar-refractivity contribution is 5.99. The number of carboxylic acid groups (broad SMARTS) is 1. The average molecular weight is 324 g/mol. The first-order valence-corrected chi connectivity index (χ1v) is 7.65. The first-order chi connectivity index (χ1) is 11.6. The lowest BCUT2D eigenvalue weighted by atomic mass is 10.1. The number of ether oxygens (including phenoxy) is 2. The number of rotatable bonds is 5. The van der Waals surface area contributed by atoms with Gasteiger partial charge in [-0.15, -0.1) is 0 Å². The fourth-order valence-electron chi connectivity index (χ4n) is 2.43. The summed E-state index contributed by atoms with van der Waals surface area (Å²) in [5, 5.41) is 21.5.